The van der Waals surface area contributed by atoms with Gasteiger partial charge in [0, 0.05) is 46.6 Å². The van der Waals surface area contributed by atoms with E-state index in [0.717, 1.165) is 16.1 Å². The second-order valence-corrected chi connectivity index (χ2v) is 11.6. The molecular formula is C34H33ClN4O3S. The quantitative estimate of drug-likeness (QED) is 0.122. The molecule has 1 atom stereocenters. The van der Waals surface area contributed by atoms with Crippen molar-refractivity contribution in [1.29, 1.82) is 0 Å². The Morgan fingerprint density at radius 3 is 2.16 bits per heavy atom. The summed E-state index contributed by atoms with van der Waals surface area (Å²) in [5.74, 6) is -1.01. The predicted molar refractivity (Wildman–Crippen MR) is 178 cm³/mol. The number of rotatable bonds is 11. The lowest BCUT2D eigenvalue weighted by Crippen LogP contribution is -2.30. The molecule has 4 aromatic rings. The zero-order chi connectivity index (χ0) is 30.8. The number of nitrogens with zero attached hydrogens (tertiary/aromatic N) is 1. The third-order valence-corrected chi connectivity index (χ3v) is 7.97. The topological polar surface area (TPSA) is 90.5 Å². The summed E-state index contributed by atoms with van der Waals surface area (Å²) in [6, 6.07) is 30.6. The maximum atomic E-state index is 13.5. The highest BCUT2D eigenvalue weighted by atomic mass is 35.5. The van der Waals surface area contributed by atoms with Crippen molar-refractivity contribution in [3.8, 4) is 0 Å². The van der Waals surface area contributed by atoms with Crippen LogP contribution in [0.4, 0.5) is 17.1 Å². The van der Waals surface area contributed by atoms with Crippen LogP contribution in [0.15, 0.2) is 114 Å². The molecule has 0 aromatic heterocycles. The number of benzene rings is 4. The lowest BCUT2D eigenvalue weighted by molar-refractivity contribution is -0.116. The number of thioether (sulfide) groups is 1. The molecule has 7 nitrogen and oxygen atoms in total. The Balaban J connectivity index is 1.51. The van der Waals surface area contributed by atoms with Crippen LogP contribution in [0.3, 0.4) is 0 Å². The van der Waals surface area contributed by atoms with Crippen molar-refractivity contribution in [3.63, 3.8) is 0 Å². The highest BCUT2D eigenvalue weighted by Gasteiger charge is 2.19. The second kappa shape index (κ2) is 15.1. The van der Waals surface area contributed by atoms with E-state index in [-0.39, 0.29) is 16.9 Å². The summed E-state index contributed by atoms with van der Waals surface area (Å²) in [5.41, 5.74) is 3.46. The van der Waals surface area contributed by atoms with E-state index >= 15 is 0 Å². The Labute approximate surface area is 261 Å². The molecule has 0 bridgehead atoms. The maximum Gasteiger partial charge on any atom is 0.272 e. The molecular weight excluding hydrogens is 580 g/mol. The minimum atomic E-state index is -0.478. The fourth-order valence-corrected chi connectivity index (χ4v) is 5.30. The molecule has 0 aliphatic carbocycles. The average Bonchev–Trinajstić information content (AvgIpc) is 3.00. The first-order valence-electron chi connectivity index (χ1n) is 13.7. The largest absolute Gasteiger partial charge is 0.378 e. The van der Waals surface area contributed by atoms with Crippen molar-refractivity contribution in [2.24, 2.45) is 0 Å². The van der Waals surface area contributed by atoms with Gasteiger partial charge in [0.25, 0.3) is 11.8 Å². The summed E-state index contributed by atoms with van der Waals surface area (Å²) in [7, 11) is 3.90. The number of nitrogens with one attached hydrogen (secondary N) is 3. The van der Waals surface area contributed by atoms with Crippen LogP contribution in [-0.2, 0) is 9.59 Å². The van der Waals surface area contributed by atoms with Gasteiger partial charge in [0.1, 0.15) is 5.70 Å². The molecule has 9 heteroatoms. The first-order chi connectivity index (χ1) is 20.7. The third kappa shape index (κ3) is 9.23. The number of carbonyl (C=O) groups excluding carboxylic acids is 3. The molecule has 0 aliphatic heterocycles. The number of hydrogen-bond donors (Lipinski definition) is 3. The zero-order valence-corrected chi connectivity index (χ0v) is 25.7. The molecule has 43 heavy (non-hydrogen) atoms. The van der Waals surface area contributed by atoms with Crippen LogP contribution in [0, 0.1) is 0 Å². The molecule has 0 spiro atoms. The van der Waals surface area contributed by atoms with Gasteiger partial charge in [0.15, 0.2) is 0 Å². The van der Waals surface area contributed by atoms with E-state index < -0.39 is 11.8 Å². The first kappa shape index (κ1) is 31.4. The first-order valence-corrected chi connectivity index (χ1v) is 15.0. The van der Waals surface area contributed by atoms with Crippen molar-refractivity contribution >= 4 is 64.2 Å². The lowest BCUT2D eigenvalue weighted by atomic mass is 10.1. The SMILES string of the molecule is CCC(Sc1cccc(NC(=O)/C(=C\c2ccc(N(C)C)cc2)NC(=O)c2ccccc2)c1)C(=O)Nc1cccc(Cl)c1. The zero-order valence-electron chi connectivity index (χ0n) is 24.1. The highest BCUT2D eigenvalue weighted by Crippen LogP contribution is 2.29. The number of amides is 3. The number of hydrogen-bond acceptors (Lipinski definition) is 5. The molecule has 0 heterocycles. The molecule has 0 fully saturated rings. The minimum absolute atomic E-state index is 0.0943. The fourth-order valence-electron chi connectivity index (χ4n) is 4.10. The highest BCUT2D eigenvalue weighted by molar-refractivity contribution is 8.00. The van der Waals surface area contributed by atoms with Gasteiger partial charge >= 0.3 is 0 Å². The Kier molecular flexibility index (Phi) is 11.0. The second-order valence-electron chi connectivity index (χ2n) is 9.86. The van der Waals surface area contributed by atoms with Gasteiger partial charge in [0.05, 0.1) is 5.25 Å². The lowest BCUT2D eigenvalue weighted by Gasteiger charge is -2.16. The smallest absolute Gasteiger partial charge is 0.272 e. The van der Waals surface area contributed by atoms with Crippen LogP contribution in [0.25, 0.3) is 6.08 Å². The van der Waals surface area contributed by atoms with Gasteiger partial charge in [-0.15, -0.1) is 11.8 Å². The van der Waals surface area contributed by atoms with Gasteiger partial charge in [-0.1, -0.05) is 61.0 Å². The van der Waals surface area contributed by atoms with Crippen molar-refractivity contribution < 1.29 is 14.4 Å². The van der Waals surface area contributed by atoms with Gasteiger partial charge in [-0.3, -0.25) is 14.4 Å². The van der Waals surface area contributed by atoms with Crippen LogP contribution in [0.5, 0.6) is 0 Å². The van der Waals surface area contributed by atoms with Crippen LogP contribution in [0.1, 0.15) is 29.3 Å². The van der Waals surface area contributed by atoms with Crippen LogP contribution >= 0.6 is 23.4 Å². The fraction of sp³-hybridized carbons (Fsp3) is 0.147. The summed E-state index contributed by atoms with van der Waals surface area (Å²) >= 11 is 7.45. The van der Waals surface area contributed by atoms with Crippen LogP contribution in [-0.4, -0.2) is 37.1 Å². The molecule has 0 aliphatic rings. The molecule has 3 amide bonds. The van der Waals surface area contributed by atoms with Gasteiger partial charge in [-0.25, -0.2) is 0 Å². The van der Waals surface area contributed by atoms with Gasteiger partial charge in [0.2, 0.25) is 5.91 Å². The number of carbonyl (C=O) groups is 3. The summed E-state index contributed by atoms with van der Waals surface area (Å²) < 4.78 is 0. The van der Waals surface area contributed by atoms with E-state index in [0.29, 0.717) is 28.4 Å². The summed E-state index contributed by atoms with van der Waals surface area (Å²) in [6.45, 7) is 1.94. The molecule has 4 rings (SSSR count). The molecule has 220 valence electrons. The van der Waals surface area contributed by atoms with Crippen molar-refractivity contribution in [1.82, 2.24) is 5.32 Å². The monoisotopic (exact) mass is 612 g/mol. The average molecular weight is 613 g/mol. The molecule has 1 unspecified atom stereocenters. The van der Waals surface area contributed by atoms with E-state index in [1.807, 2.05) is 68.4 Å². The number of halogens is 1. The Hall–Kier alpha value is -4.53. The Morgan fingerprint density at radius 2 is 1.51 bits per heavy atom. The van der Waals surface area contributed by atoms with E-state index in [9.17, 15) is 14.4 Å². The van der Waals surface area contributed by atoms with Crippen molar-refractivity contribution in [2.45, 2.75) is 23.5 Å². The van der Waals surface area contributed by atoms with E-state index in [1.54, 1.807) is 66.7 Å². The standard InChI is InChI=1S/C34H33ClN4O3S/c1-4-31(34(42)37-26-13-8-12-25(35)21-26)43-29-15-9-14-27(22-29)36-33(41)30(38-32(40)24-10-6-5-7-11-24)20-23-16-18-28(19-17-23)39(2)3/h5-22,31H,4H2,1-3H3,(H,36,41)(H,37,42)(H,38,40)/b30-20+. The predicted octanol–water partition coefficient (Wildman–Crippen LogP) is 7.33. The molecule has 3 N–H and O–H groups in total. The van der Waals surface area contributed by atoms with Gasteiger partial charge < -0.3 is 20.9 Å². The van der Waals surface area contributed by atoms with E-state index in [1.165, 1.54) is 11.8 Å². The molecule has 0 saturated heterocycles. The van der Waals surface area contributed by atoms with E-state index in [2.05, 4.69) is 16.0 Å². The number of anilines is 3. The Morgan fingerprint density at radius 1 is 0.837 bits per heavy atom. The summed E-state index contributed by atoms with van der Waals surface area (Å²) in [5, 5.41) is 8.76. The van der Waals surface area contributed by atoms with Crippen LogP contribution in [0.2, 0.25) is 5.02 Å². The minimum Gasteiger partial charge on any atom is -0.378 e. The molecule has 4 aromatic carbocycles. The Bertz CT molecular complexity index is 1610. The maximum absolute atomic E-state index is 13.5. The van der Waals surface area contributed by atoms with E-state index in [4.69, 9.17) is 11.6 Å². The molecule has 0 radical (unpaired) electrons. The van der Waals surface area contributed by atoms with Gasteiger partial charge in [-0.05, 0) is 78.7 Å². The third-order valence-electron chi connectivity index (χ3n) is 6.37. The van der Waals surface area contributed by atoms with Crippen molar-refractivity contribution in [2.75, 3.05) is 29.6 Å². The van der Waals surface area contributed by atoms with Gasteiger partial charge in [-0.2, -0.15) is 0 Å². The summed E-state index contributed by atoms with van der Waals surface area (Å²) in [6.07, 6.45) is 2.24. The normalized spacial score (nSPS) is 11.8. The van der Waals surface area contributed by atoms with Crippen molar-refractivity contribution in [3.05, 3.63) is 125 Å². The summed E-state index contributed by atoms with van der Waals surface area (Å²) in [4.78, 5) is 42.2. The van der Waals surface area contributed by atoms with Crippen LogP contribution < -0.4 is 20.9 Å². The molecule has 0 saturated carbocycles.